The van der Waals surface area contributed by atoms with Gasteiger partial charge in [0.15, 0.2) is 5.78 Å². The number of aromatic nitrogens is 1. The van der Waals surface area contributed by atoms with Gasteiger partial charge in [0.25, 0.3) is 0 Å². The first-order chi connectivity index (χ1) is 10.2. The molecule has 3 rings (SSSR count). The molecule has 0 saturated carbocycles. The van der Waals surface area contributed by atoms with E-state index in [-0.39, 0.29) is 5.78 Å². The molecule has 1 heterocycles. The molecule has 0 fully saturated rings. The molecule has 0 atom stereocenters. The van der Waals surface area contributed by atoms with Gasteiger partial charge in [0.05, 0.1) is 0 Å². The lowest BCUT2D eigenvalue weighted by Gasteiger charge is -2.05. The maximum absolute atomic E-state index is 12.1. The Morgan fingerprint density at radius 3 is 2.52 bits per heavy atom. The number of hydrogen-bond acceptors (Lipinski definition) is 1. The maximum atomic E-state index is 12.1. The van der Waals surface area contributed by atoms with Gasteiger partial charge >= 0.3 is 0 Å². The zero-order valence-electron chi connectivity index (χ0n) is 11.8. The monoisotopic (exact) mass is 341 g/mol. The number of ketones is 1. The van der Waals surface area contributed by atoms with Crippen LogP contribution in [0.1, 0.15) is 29.3 Å². The van der Waals surface area contributed by atoms with Gasteiger partial charge in [0.2, 0.25) is 0 Å². The van der Waals surface area contributed by atoms with Gasteiger partial charge in [-0.15, -0.1) is 0 Å². The third-order valence-corrected chi connectivity index (χ3v) is 4.20. The Labute approximate surface area is 132 Å². The van der Waals surface area contributed by atoms with Gasteiger partial charge < -0.3 is 4.57 Å². The molecule has 21 heavy (non-hydrogen) atoms. The number of hydrogen-bond donors (Lipinski definition) is 0. The second kappa shape index (κ2) is 5.86. The predicted molar refractivity (Wildman–Crippen MR) is 89.8 cm³/mol. The number of para-hydroxylation sites is 1. The van der Waals surface area contributed by atoms with Crippen molar-refractivity contribution in [2.75, 3.05) is 0 Å². The van der Waals surface area contributed by atoms with Crippen LogP contribution in [0.25, 0.3) is 10.9 Å². The van der Waals surface area contributed by atoms with Crippen molar-refractivity contribution in [3.8, 4) is 0 Å². The van der Waals surface area contributed by atoms with Crippen LogP contribution in [0, 0.1) is 0 Å². The van der Waals surface area contributed by atoms with Gasteiger partial charge in [-0.05, 0) is 23.8 Å². The lowest BCUT2D eigenvalue weighted by Crippen LogP contribution is -1.98. The second-order valence-corrected chi connectivity index (χ2v) is 6.01. The topological polar surface area (TPSA) is 22.0 Å². The van der Waals surface area contributed by atoms with Crippen LogP contribution in [0.2, 0.25) is 0 Å². The van der Waals surface area contributed by atoms with Gasteiger partial charge in [0, 0.05) is 40.1 Å². The molecule has 0 bridgehead atoms. The lowest BCUT2D eigenvalue weighted by molar-refractivity contribution is 0.0989. The molecule has 0 aliphatic rings. The van der Waals surface area contributed by atoms with Crippen molar-refractivity contribution in [1.29, 1.82) is 0 Å². The number of fused-ring (bicyclic) bond motifs is 1. The van der Waals surface area contributed by atoms with Gasteiger partial charge in [-0.2, -0.15) is 0 Å². The Hall–Kier alpha value is -1.87. The lowest BCUT2D eigenvalue weighted by atomic mass is 10.1. The minimum Gasteiger partial charge on any atom is -0.342 e. The largest absolute Gasteiger partial charge is 0.342 e. The van der Waals surface area contributed by atoms with Crippen LogP contribution in [0.5, 0.6) is 0 Å². The van der Waals surface area contributed by atoms with Crippen molar-refractivity contribution < 1.29 is 4.79 Å². The molecule has 0 aliphatic heterocycles. The van der Waals surface area contributed by atoms with Crippen molar-refractivity contribution in [3.63, 3.8) is 0 Å². The van der Waals surface area contributed by atoms with Crippen molar-refractivity contribution >= 4 is 32.6 Å². The summed E-state index contributed by atoms with van der Waals surface area (Å²) in [5, 5.41) is 1.04. The quantitative estimate of drug-likeness (QED) is 0.609. The molecular weight excluding hydrogens is 326 g/mol. The minimum atomic E-state index is 0.195. The number of Topliss-reactive ketones (excluding diaryl/α,β-unsaturated/α-hetero) is 1. The number of halogens is 1. The molecule has 106 valence electrons. The molecule has 0 N–H and O–H groups in total. The van der Waals surface area contributed by atoms with Crippen LogP contribution in [0.3, 0.4) is 0 Å². The van der Waals surface area contributed by atoms with E-state index in [0.717, 1.165) is 27.5 Å². The SMILES string of the molecule is CCC(=O)c1cn(Cc2ccc(Br)cc2)c2ccccc12. The first-order valence-corrected chi connectivity index (χ1v) is 7.84. The normalized spacial score (nSPS) is 11.0. The van der Waals surface area contributed by atoms with Gasteiger partial charge in [0.1, 0.15) is 0 Å². The van der Waals surface area contributed by atoms with E-state index in [2.05, 4.69) is 38.7 Å². The molecule has 0 amide bonds. The Bertz CT molecular complexity index is 787. The summed E-state index contributed by atoms with van der Waals surface area (Å²) in [5.74, 6) is 0.195. The van der Waals surface area contributed by atoms with E-state index in [4.69, 9.17) is 0 Å². The molecule has 0 radical (unpaired) electrons. The summed E-state index contributed by atoms with van der Waals surface area (Å²) < 4.78 is 3.23. The highest BCUT2D eigenvalue weighted by molar-refractivity contribution is 9.10. The molecule has 2 nitrogen and oxygen atoms in total. The number of benzene rings is 2. The fourth-order valence-corrected chi connectivity index (χ4v) is 2.84. The average Bonchev–Trinajstić information content (AvgIpc) is 2.88. The smallest absolute Gasteiger partial charge is 0.164 e. The Morgan fingerprint density at radius 1 is 1.10 bits per heavy atom. The third kappa shape index (κ3) is 2.79. The molecule has 0 spiro atoms. The molecular formula is C18H16BrNO. The van der Waals surface area contributed by atoms with Crippen LogP contribution in [-0.4, -0.2) is 10.4 Å². The van der Waals surface area contributed by atoms with E-state index < -0.39 is 0 Å². The van der Waals surface area contributed by atoms with Gasteiger partial charge in [-0.3, -0.25) is 4.79 Å². The molecule has 0 unspecified atom stereocenters. The third-order valence-electron chi connectivity index (χ3n) is 3.68. The van der Waals surface area contributed by atoms with E-state index in [1.807, 2.05) is 43.5 Å². The molecule has 3 aromatic rings. The van der Waals surface area contributed by atoms with Crippen LogP contribution in [0.4, 0.5) is 0 Å². The summed E-state index contributed by atoms with van der Waals surface area (Å²) in [7, 11) is 0. The number of nitrogens with zero attached hydrogens (tertiary/aromatic N) is 1. The van der Waals surface area contributed by atoms with Crippen LogP contribution in [-0.2, 0) is 6.54 Å². The Balaban J connectivity index is 2.06. The van der Waals surface area contributed by atoms with Crippen LogP contribution in [0.15, 0.2) is 59.2 Å². The summed E-state index contributed by atoms with van der Waals surface area (Å²) in [5.41, 5.74) is 3.15. The molecule has 3 heteroatoms. The Kier molecular flexibility index (Phi) is 3.93. The highest BCUT2D eigenvalue weighted by atomic mass is 79.9. The zero-order valence-corrected chi connectivity index (χ0v) is 13.4. The fourth-order valence-electron chi connectivity index (χ4n) is 2.58. The zero-order chi connectivity index (χ0) is 14.8. The van der Waals surface area contributed by atoms with E-state index in [9.17, 15) is 4.79 Å². The van der Waals surface area contributed by atoms with Gasteiger partial charge in [-0.25, -0.2) is 0 Å². The molecule has 1 aromatic heterocycles. The second-order valence-electron chi connectivity index (χ2n) is 5.09. The van der Waals surface area contributed by atoms with Crippen LogP contribution >= 0.6 is 15.9 Å². The predicted octanol–water partition coefficient (Wildman–Crippen LogP) is 5.04. The standard InChI is InChI=1S/C18H16BrNO/c1-2-18(21)16-12-20(17-6-4-3-5-15(16)17)11-13-7-9-14(19)10-8-13/h3-10,12H,2,11H2,1H3. The number of carbonyl (C=O) groups is 1. The van der Waals surface area contributed by atoms with E-state index in [1.165, 1.54) is 5.56 Å². The van der Waals surface area contributed by atoms with E-state index in [1.54, 1.807) is 0 Å². The Morgan fingerprint density at radius 2 is 1.81 bits per heavy atom. The highest BCUT2D eigenvalue weighted by Gasteiger charge is 2.13. The van der Waals surface area contributed by atoms with E-state index in [0.29, 0.717) is 6.42 Å². The van der Waals surface area contributed by atoms with E-state index >= 15 is 0 Å². The van der Waals surface area contributed by atoms with Crippen molar-refractivity contribution in [3.05, 3.63) is 70.3 Å². The number of carbonyl (C=O) groups excluding carboxylic acids is 1. The summed E-state index contributed by atoms with van der Waals surface area (Å²) in [6.45, 7) is 2.67. The average molecular weight is 342 g/mol. The minimum absolute atomic E-state index is 0.195. The molecule has 2 aromatic carbocycles. The summed E-state index contributed by atoms with van der Waals surface area (Å²) in [4.78, 5) is 12.1. The van der Waals surface area contributed by atoms with Crippen molar-refractivity contribution in [1.82, 2.24) is 4.57 Å². The van der Waals surface area contributed by atoms with Gasteiger partial charge in [-0.1, -0.05) is 53.2 Å². The fraction of sp³-hybridized carbons (Fsp3) is 0.167. The van der Waals surface area contributed by atoms with Crippen LogP contribution < -0.4 is 0 Å². The first-order valence-electron chi connectivity index (χ1n) is 7.04. The first kappa shape index (κ1) is 14.1. The van der Waals surface area contributed by atoms with Crippen molar-refractivity contribution in [2.45, 2.75) is 19.9 Å². The number of rotatable bonds is 4. The summed E-state index contributed by atoms with van der Waals surface area (Å²) >= 11 is 3.45. The van der Waals surface area contributed by atoms with Crippen molar-refractivity contribution in [2.24, 2.45) is 0 Å². The molecule has 0 saturated heterocycles. The highest BCUT2D eigenvalue weighted by Crippen LogP contribution is 2.24. The summed E-state index contributed by atoms with van der Waals surface area (Å²) in [6, 6.07) is 16.4. The molecule has 0 aliphatic carbocycles. The summed E-state index contributed by atoms with van der Waals surface area (Å²) in [6.07, 6.45) is 2.52. The maximum Gasteiger partial charge on any atom is 0.164 e.